The smallest absolute Gasteiger partial charge is 0.276 e. The molecule has 0 unspecified atom stereocenters. The van der Waals surface area contributed by atoms with Gasteiger partial charge in [0.1, 0.15) is 11.5 Å². The van der Waals surface area contributed by atoms with Crippen LogP contribution in [-0.2, 0) is 0 Å². The Morgan fingerprint density at radius 1 is 1.10 bits per heavy atom. The molecule has 1 aliphatic heterocycles. The molecule has 9 nitrogen and oxygen atoms in total. The maximum atomic E-state index is 13.2. The van der Waals surface area contributed by atoms with E-state index in [0.29, 0.717) is 23.2 Å². The van der Waals surface area contributed by atoms with E-state index in [9.17, 15) is 4.79 Å². The van der Waals surface area contributed by atoms with Crippen LogP contribution in [0.1, 0.15) is 35.2 Å². The molecule has 4 aromatic rings. The molecule has 0 spiro atoms. The van der Waals surface area contributed by atoms with Gasteiger partial charge in [-0.3, -0.25) is 4.79 Å². The zero-order valence-electron chi connectivity index (χ0n) is 17.0. The SMILES string of the molecule is COc1ncccc1NC(=O)c1nc([C@H]2CCCN2c2ncccn2)n2ccccc12. The number of hydrogen-bond acceptors (Lipinski definition) is 7. The van der Waals surface area contributed by atoms with E-state index >= 15 is 0 Å². The fraction of sp³-hybridized carbons (Fsp3) is 0.227. The van der Waals surface area contributed by atoms with E-state index < -0.39 is 0 Å². The summed E-state index contributed by atoms with van der Waals surface area (Å²) in [6.07, 6.45) is 8.92. The van der Waals surface area contributed by atoms with Crippen molar-refractivity contribution in [3.8, 4) is 5.88 Å². The fourth-order valence-corrected chi connectivity index (χ4v) is 4.01. The summed E-state index contributed by atoms with van der Waals surface area (Å²) in [5.41, 5.74) is 1.58. The summed E-state index contributed by atoms with van der Waals surface area (Å²) in [5, 5.41) is 2.88. The van der Waals surface area contributed by atoms with Gasteiger partial charge in [0.05, 0.1) is 18.7 Å². The second-order valence-corrected chi connectivity index (χ2v) is 7.19. The number of hydrogen-bond donors (Lipinski definition) is 1. The van der Waals surface area contributed by atoms with Gasteiger partial charge in [0.15, 0.2) is 5.69 Å². The first-order valence-corrected chi connectivity index (χ1v) is 10.1. The van der Waals surface area contributed by atoms with Crippen molar-refractivity contribution in [3.63, 3.8) is 0 Å². The molecule has 156 valence electrons. The highest BCUT2D eigenvalue weighted by molar-refractivity contribution is 6.08. The van der Waals surface area contributed by atoms with Crippen molar-refractivity contribution in [2.24, 2.45) is 0 Å². The molecule has 1 aliphatic rings. The number of nitrogens with zero attached hydrogens (tertiary/aromatic N) is 6. The van der Waals surface area contributed by atoms with Crippen LogP contribution in [-0.4, -0.2) is 43.9 Å². The first kappa shape index (κ1) is 19.0. The van der Waals surface area contributed by atoms with Crippen LogP contribution >= 0.6 is 0 Å². The molecule has 0 saturated carbocycles. The molecule has 1 saturated heterocycles. The van der Waals surface area contributed by atoms with Gasteiger partial charge in [-0.1, -0.05) is 6.07 Å². The van der Waals surface area contributed by atoms with Crippen molar-refractivity contribution in [2.75, 3.05) is 23.9 Å². The minimum atomic E-state index is -0.318. The van der Waals surface area contributed by atoms with Crippen molar-refractivity contribution >= 4 is 23.1 Å². The zero-order chi connectivity index (χ0) is 21.2. The lowest BCUT2D eigenvalue weighted by atomic mass is 10.2. The maximum Gasteiger partial charge on any atom is 0.276 e. The Balaban J connectivity index is 1.53. The number of anilines is 2. The molecule has 9 heteroatoms. The molecule has 0 aliphatic carbocycles. The Morgan fingerprint density at radius 2 is 1.94 bits per heavy atom. The molecule has 0 bridgehead atoms. The van der Waals surface area contributed by atoms with Crippen LogP contribution < -0.4 is 15.0 Å². The van der Waals surface area contributed by atoms with Crippen LogP contribution in [0.3, 0.4) is 0 Å². The Morgan fingerprint density at radius 3 is 2.77 bits per heavy atom. The molecule has 1 fully saturated rings. The number of rotatable bonds is 5. The number of carbonyl (C=O) groups excluding carboxylic acids is 1. The molecule has 1 amide bonds. The third-order valence-corrected chi connectivity index (χ3v) is 5.36. The van der Waals surface area contributed by atoms with Gasteiger partial charge in [0, 0.05) is 31.3 Å². The second kappa shape index (κ2) is 8.02. The van der Waals surface area contributed by atoms with E-state index in [4.69, 9.17) is 9.72 Å². The first-order chi connectivity index (χ1) is 15.3. The molecule has 1 N–H and O–H groups in total. The van der Waals surface area contributed by atoms with Gasteiger partial charge in [0.2, 0.25) is 11.8 Å². The van der Waals surface area contributed by atoms with Crippen molar-refractivity contribution in [1.82, 2.24) is 24.3 Å². The minimum Gasteiger partial charge on any atom is -0.480 e. The fourth-order valence-electron chi connectivity index (χ4n) is 4.01. The summed E-state index contributed by atoms with van der Waals surface area (Å²) < 4.78 is 7.22. The molecule has 5 rings (SSSR count). The van der Waals surface area contributed by atoms with Crippen LogP contribution in [0.25, 0.3) is 5.52 Å². The summed E-state index contributed by atoms with van der Waals surface area (Å²) in [7, 11) is 1.52. The van der Waals surface area contributed by atoms with Gasteiger partial charge in [-0.2, -0.15) is 0 Å². The summed E-state index contributed by atoms with van der Waals surface area (Å²) in [6.45, 7) is 0.838. The number of aromatic nitrogens is 5. The third kappa shape index (κ3) is 3.43. The number of amides is 1. The molecule has 31 heavy (non-hydrogen) atoms. The van der Waals surface area contributed by atoms with Crippen LogP contribution in [0, 0.1) is 0 Å². The number of methoxy groups -OCH3 is 1. The topological polar surface area (TPSA) is 97.5 Å². The number of fused-ring (bicyclic) bond motifs is 1. The Bertz CT molecular complexity index is 1230. The van der Waals surface area contributed by atoms with E-state index in [1.165, 1.54) is 7.11 Å². The van der Waals surface area contributed by atoms with Crippen LogP contribution in [0.2, 0.25) is 0 Å². The molecular weight excluding hydrogens is 394 g/mol. The number of pyridine rings is 2. The van der Waals surface area contributed by atoms with Crippen molar-refractivity contribution in [1.29, 1.82) is 0 Å². The number of carbonyl (C=O) groups is 1. The lowest BCUT2D eigenvalue weighted by Crippen LogP contribution is -2.26. The average Bonchev–Trinajstić information content (AvgIpc) is 3.45. The predicted molar refractivity (Wildman–Crippen MR) is 115 cm³/mol. The molecule has 0 radical (unpaired) electrons. The average molecular weight is 415 g/mol. The molecule has 1 atom stereocenters. The van der Waals surface area contributed by atoms with Crippen molar-refractivity contribution in [3.05, 3.63) is 72.7 Å². The van der Waals surface area contributed by atoms with Crippen LogP contribution in [0.4, 0.5) is 11.6 Å². The predicted octanol–water partition coefficient (Wildman–Crippen LogP) is 3.12. The molecular formula is C22H21N7O2. The van der Waals surface area contributed by atoms with Gasteiger partial charge in [0.25, 0.3) is 5.91 Å². The summed E-state index contributed by atoms with van der Waals surface area (Å²) in [4.78, 5) is 33.1. The van der Waals surface area contributed by atoms with E-state index in [1.807, 2.05) is 28.8 Å². The number of nitrogens with one attached hydrogen (secondary N) is 1. The Hall–Kier alpha value is -4.01. The largest absolute Gasteiger partial charge is 0.480 e. The Labute approximate surface area is 178 Å². The molecule has 5 heterocycles. The number of ether oxygens (including phenoxy) is 1. The normalized spacial score (nSPS) is 15.9. The first-order valence-electron chi connectivity index (χ1n) is 10.1. The van der Waals surface area contributed by atoms with Crippen LogP contribution in [0.15, 0.2) is 61.2 Å². The quantitative estimate of drug-likeness (QED) is 0.535. The highest BCUT2D eigenvalue weighted by Gasteiger charge is 2.32. The standard InChI is InChI=1S/C22H21N7O2/c1-31-21-15(7-4-10-23-21)26-20(30)18-16-8-2-3-13-28(16)19(27-18)17-9-5-14-29(17)22-24-11-6-12-25-22/h2-4,6-8,10-13,17H,5,9,14H2,1H3,(H,26,30)/t17-/m1/s1. The summed E-state index contributed by atoms with van der Waals surface area (Å²) >= 11 is 0. The van der Waals surface area contributed by atoms with Crippen molar-refractivity contribution < 1.29 is 9.53 Å². The van der Waals surface area contributed by atoms with Gasteiger partial charge in [-0.15, -0.1) is 0 Å². The van der Waals surface area contributed by atoms with Gasteiger partial charge >= 0.3 is 0 Å². The monoisotopic (exact) mass is 415 g/mol. The summed E-state index contributed by atoms with van der Waals surface area (Å²) in [5.74, 6) is 1.50. The van der Waals surface area contributed by atoms with E-state index in [2.05, 4.69) is 25.2 Å². The van der Waals surface area contributed by atoms with E-state index in [1.54, 1.807) is 36.8 Å². The van der Waals surface area contributed by atoms with E-state index in [0.717, 1.165) is 30.7 Å². The van der Waals surface area contributed by atoms with E-state index in [-0.39, 0.29) is 11.9 Å². The van der Waals surface area contributed by atoms with Gasteiger partial charge < -0.3 is 19.4 Å². The second-order valence-electron chi connectivity index (χ2n) is 7.19. The van der Waals surface area contributed by atoms with Gasteiger partial charge in [-0.25, -0.2) is 19.9 Å². The highest BCUT2D eigenvalue weighted by Crippen LogP contribution is 2.35. The lowest BCUT2D eigenvalue weighted by molar-refractivity contribution is 0.102. The maximum absolute atomic E-state index is 13.2. The van der Waals surface area contributed by atoms with Crippen LogP contribution in [0.5, 0.6) is 5.88 Å². The summed E-state index contributed by atoms with van der Waals surface area (Å²) in [6, 6.07) is 11.0. The zero-order valence-corrected chi connectivity index (χ0v) is 17.0. The number of imidazole rings is 1. The highest BCUT2D eigenvalue weighted by atomic mass is 16.5. The van der Waals surface area contributed by atoms with Crippen molar-refractivity contribution in [2.45, 2.75) is 18.9 Å². The molecule has 4 aromatic heterocycles. The Kier molecular flexibility index (Phi) is 4.91. The molecule has 0 aromatic carbocycles. The third-order valence-electron chi connectivity index (χ3n) is 5.36. The lowest BCUT2D eigenvalue weighted by Gasteiger charge is -2.23. The minimum absolute atomic E-state index is 0.0215. The van der Waals surface area contributed by atoms with Gasteiger partial charge in [-0.05, 0) is 43.2 Å².